The maximum atomic E-state index is 11.8. The number of carbonyl (C=O) groups excluding carboxylic acids is 1. The lowest BCUT2D eigenvalue weighted by Gasteiger charge is -2.36. The fourth-order valence-corrected chi connectivity index (χ4v) is 2.65. The number of amides is 1. The molecule has 3 nitrogen and oxygen atoms in total. The zero-order valence-corrected chi connectivity index (χ0v) is 11.5. The molecule has 0 aromatic heterocycles. The molecule has 1 aromatic carbocycles. The second kappa shape index (κ2) is 4.96. The molecule has 2 N–H and O–H groups in total. The van der Waals surface area contributed by atoms with E-state index in [4.69, 9.17) is 11.6 Å². The van der Waals surface area contributed by atoms with E-state index < -0.39 is 5.60 Å². The van der Waals surface area contributed by atoms with E-state index in [1.54, 1.807) is 18.2 Å². The van der Waals surface area contributed by atoms with Crippen LogP contribution in [0.25, 0.3) is 0 Å². The first-order valence-corrected chi connectivity index (χ1v) is 6.62. The van der Waals surface area contributed by atoms with Gasteiger partial charge in [0.25, 0.3) is 5.91 Å². The van der Waals surface area contributed by atoms with Crippen LogP contribution in [0.1, 0.15) is 29.6 Å². The van der Waals surface area contributed by atoms with Crippen molar-refractivity contribution < 1.29 is 9.90 Å². The van der Waals surface area contributed by atoms with Crippen molar-refractivity contribution in [2.24, 2.45) is 0 Å². The van der Waals surface area contributed by atoms with Crippen molar-refractivity contribution in [2.45, 2.75) is 24.9 Å². The number of benzene rings is 1. The van der Waals surface area contributed by atoms with Gasteiger partial charge < -0.3 is 10.4 Å². The molecular weight excluding hydrogens is 305 g/mol. The van der Waals surface area contributed by atoms with E-state index in [1.807, 2.05) is 0 Å². The molecule has 0 spiro atoms. The monoisotopic (exact) mass is 317 g/mol. The van der Waals surface area contributed by atoms with Crippen molar-refractivity contribution in [3.05, 3.63) is 33.3 Å². The molecule has 5 heteroatoms. The highest BCUT2D eigenvalue weighted by atomic mass is 79.9. The smallest absolute Gasteiger partial charge is 0.251 e. The molecule has 92 valence electrons. The lowest BCUT2D eigenvalue weighted by molar-refractivity contribution is -0.0300. The second-order valence-corrected chi connectivity index (χ2v) is 5.77. The van der Waals surface area contributed by atoms with Gasteiger partial charge in [-0.2, -0.15) is 0 Å². The summed E-state index contributed by atoms with van der Waals surface area (Å²) < 4.78 is 0.762. The van der Waals surface area contributed by atoms with Crippen molar-refractivity contribution in [3.8, 4) is 0 Å². The molecule has 1 fully saturated rings. The summed E-state index contributed by atoms with van der Waals surface area (Å²) in [6.07, 6.45) is 2.54. The highest BCUT2D eigenvalue weighted by molar-refractivity contribution is 9.10. The van der Waals surface area contributed by atoms with Gasteiger partial charge in [-0.15, -0.1) is 0 Å². The summed E-state index contributed by atoms with van der Waals surface area (Å²) in [6, 6.07) is 5.02. The van der Waals surface area contributed by atoms with Crippen LogP contribution in [-0.2, 0) is 0 Å². The fourth-order valence-electron chi connectivity index (χ4n) is 1.79. The molecule has 17 heavy (non-hydrogen) atoms. The van der Waals surface area contributed by atoms with E-state index in [0.717, 1.165) is 23.7 Å². The van der Waals surface area contributed by atoms with Crippen molar-refractivity contribution in [1.82, 2.24) is 5.32 Å². The SMILES string of the molecule is O=C(NCC1(O)CCC1)c1cc(Cl)cc(Br)c1. The number of hydrogen-bond acceptors (Lipinski definition) is 2. The highest BCUT2D eigenvalue weighted by Crippen LogP contribution is 2.30. The third-order valence-electron chi connectivity index (χ3n) is 2.99. The first-order chi connectivity index (χ1) is 7.98. The van der Waals surface area contributed by atoms with Crippen molar-refractivity contribution in [3.63, 3.8) is 0 Å². The van der Waals surface area contributed by atoms with Gasteiger partial charge in [-0.1, -0.05) is 27.5 Å². The molecule has 1 aliphatic rings. The van der Waals surface area contributed by atoms with Crippen LogP contribution in [-0.4, -0.2) is 23.2 Å². The summed E-state index contributed by atoms with van der Waals surface area (Å²) >= 11 is 9.15. The van der Waals surface area contributed by atoms with Crippen LogP contribution in [0.4, 0.5) is 0 Å². The number of carbonyl (C=O) groups is 1. The summed E-state index contributed by atoms with van der Waals surface area (Å²) in [4.78, 5) is 11.8. The first-order valence-electron chi connectivity index (χ1n) is 5.45. The average Bonchev–Trinajstić information content (AvgIpc) is 2.22. The Balaban J connectivity index is 1.99. The molecule has 0 atom stereocenters. The van der Waals surface area contributed by atoms with Crippen LogP contribution in [0.2, 0.25) is 5.02 Å². The molecule has 0 aliphatic heterocycles. The quantitative estimate of drug-likeness (QED) is 0.900. The lowest BCUT2D eigenvalue weighted by Crippen LogP contribution is -2.47. The van der Waals surface area contributed by atoms with Crippen molar-refractivity contribution in [2.75, 3.05) is 6.54 Å². The standard InChI is InChI=1S/C12H13BrClNO2/c13-9-4-8(5-10(14)6-9)11(16)15-7-12(17)2-1-3-12/h4-6,17H,1-3,7H2,(H,15,16). The van der Waals surface area contributed by atoms with Crippen LogP contribution in [0.5, 0.6) is 0 Å². The molecule has 1 saturated carbocycles. The Morgan fingerprint density at radius 2 is 2.18 bits per heavy atom. The molecule has 0 saturated heterocycles. The van der Waals surface area contributed by atoms with Gasteiger partial charge in [0.1, 0.15) is 0 Å². The van der Waals surface area contributed by atoms with E-state index >= 15 is 0 Å². The zero-order chi connectivity index (χ0) is 12.5. The average molecular weight is 319 g/mol. The largest absolute Gasteiger partial charge is 0.388 e. The van der Waals surface area contributed by atoms with Gasteiger partial charge in [0.05, 0.1) is 5.60 Å². The van der Waals surface area contributed by atoms with Gasteiger partial charge in [-0.25, -0.2) is 0 Å². The summed E-state index contributed by atoms with van der Waals surface area (Å²) in [5, 5.41) is 13.1. The van der Waals surface area contributed by atoms with Gasteiger partial charge in [-0.3, -0.25) is 4.79 Å². The first kappa shape index (κ1) is 12.9. The molecule has 1 aliphatic carbocycles. The predicted molar refractivity (Wildman–Crippen MR) is 70.3 cm³/mol. The Morgan fingerprint density at radius 3 is 2.71 bits per heavy atom. The highest BCUT2D eigenvalue weighted by Gasteiger charge is 2.34. The van der Waals surface area contributed by atoms with E-state index in [-0.39, 0.29) is 5.91 Å². The van der Waals surface area contributed by atoms with Crippen LogP contribution in [0, 0.1) is 0 Å². The summed E-state index contributed by atoms with van der Waals surface area (Å²) in [5.41, 5.74) is -0.210. The molecule has 0 heterocycles. The van der Waals surface area contributed by atoms with Gasteiger partial charge in [0.2, 0.25) is 0 Å². The van der Waals surface area contributed by atoms with Gasteiger partial charge in [0.15, 0.2) is 0 Å². The van der Waals surface area contributed by atoms with Gasteiger partial charge in [-0.05, 0) is 37.5 Å². The number of rotatable bonds is 3. The van der Waals surface area contributed by atoms with Crippen LogP contribution < -0.4 is 5.32 Å². The normalized spacial score (nSPS) is 17.4. The third kappa shape index (κ3) is 3.21. The molecule has 1 amide bonds. The summed E-state index contributed by atoms with van der Waals surface area (Å²) in [7, 11) is 0. The Morgan fingerprint density at radius 1 is 1.47 bits per heavy atom. The topological polar surface area (TPSA) is 49.3 Å². The fraction of sp³-hybridized carbons (Fsp3) is 0.417. The van der Waals surface area contributed by atoms with Crippen LogP contribution in [0.3, 0.4) is 0 Å². The van der Waals surface area contributed by atoms with Gasteiger partial charge >= 0.3 is 0 Å². The second-order valence-electron chi connectivity index (χ2n) is 4.42. The predicted octanol–water partition coefficient (Wildman–Crippen LogP) is 2.75. The molecule has 0 bridgehead atoms. The molecular formula is C12H13BrClNO2. The Labute approximate surface area is 113 Å². The molecule has 0 radical (unpaired) electrons. The minimum absolute atomic E-state index is 0.214. The minimum atomic E-state index is -0.703. The summed E-state index contributed by atoms with van der Waals surface area (Å²) in [5.74, 6) is -0.214. The van der Waals surface area contributed by atoms with E-state index in [0.29, 0.717) is 17.1 Å². The molecule has 0 unspecified atom stereocenters. The number of hydrogen-bond donors (Lipinski definition) is 2. The maximum Gasteiger partial charge on any atom is 0.251 e. The minimum Gasteiger partial charge on any atom is -0.388 e. The molecule has 2 rings (SSSR count). The van der Waals surface area contributed by atoms with Crippen molar-refractivity contribution in [1.29, 1.82) is 0 Å². The lowest BCUT2D eigenvalue weighted by atomic mass is 9.80. The van der Waals surface area contributed by atoms with E-state index in [1.165, 1.54) is 0 Å². The van der Waals surface area contributed by atoms with Gasteiger partial charge in [0, 0.05) is 21.6 Å². The Hall–Kier alpha value is -0.580. The number of nitrogens with one attached hydrogen (secondary N) is 1. The zero-order valence-electron chi connectivity index (χ0n) is 9.17. The number of halogens is 2. The van der Waals surface area contributed by atoms with Crippen LogP contribution in [0.15, 0.2) is 22.7 Å². The summed E-state index contributed by atoms with van der Waals surface area (Å²) in [6.45, 7) is 0.302. The number of aliphatic hydroxyl groups is 1. The van der Waals surface area contributed by atoms with E-state index in [9.17, 15) is 9.90 Å². The molecule has 1 aromatic rings. The van der Waals surface area contributed by atoms with Crippen LogP contribution >= 0.6 is 27.5 Å². The maximum absolute atomic E-state index is 11.8. The Kier molecular flexibility index (Phi) is 3.76. The van der Waals surface area contributed by atoms with E-state index in [2.05, 4.69) is 21.2 Å². The Bertz CT molecular complexity index is 426. The third-order valence-corrected chi connectivity index (χ3v) is 3.66. The van der Waals surface area contributed by atoms with Crippen molar-refractivity contribution >= 4 is 33.4 Å².